The van der Waals surface area contributed by atoms with E-state index in [2.05, 4.69) is 6.92 Å². The van der Waals surface area contributed by atoms with Crippen LogP contribution in [-0.2, 0) is 19.5 Å². The normalized spacial score (nSPS) is 8.08. The zero-order valence-corrected chi connectivity index (χ0v) is 10.1. The van der Waals surface area contributed by atoms with Gasteiger partial charge in [-0.1, -0.05) is 0 Å². The van der Waals surface area contributed by atoms with Crippen molar-refractivity contribution in [2.45, 2.75) is 6.92 Å². The summed E-state index contributed by atoms with van der Waals surface area (Å²) >= 11 is 0. The smallest absolute Gasteiger partial charge is 0.194 e. The minimum Gasteiger partial charge on any atom is -0.508 e. The second-order valence-corrected chi connectivity index (χ2v) is 1.72. The molecule has 0 aliphatic rings. The Morgan fingerprint density at radius 3 is 1.69 bits per heavy atom. The van der Waals surface area contributed by atoms with Gasteiger partial charge >= 0.3 is 0 Å². The number of hydrogen-bond donors (Lipinski definition) is 1. The van der Waals surface area contributed by atoms with Crippen molar-refractivity contribution in [1.29, 1.82) is 0 Å². The summed E-state index contributed by atoms with van der Waals surface area (Å²) in [5.74, 6) is -4.98. The van der Waals surface area contributed by atoms with Crippen molar-refractivity contribution in [1.82, 2.24) is 0 Å². The van der Waals surface area contributed by atoms with E-state index >= 15 is 0 Å². The van der Waals surface area contributed by atoms with Gasteiger partial charge in [-0.25, -0.2) is 13.2 Å². The molecule has 0 aromatic heterocycles. The Labute approximate surface area is 87.3 Å². The average molecular weight is 243 g/mol. The van der Waals surface area contributed by atoms with Gasteiger partial charge in [0.25, 0.3) is 0 Å². The molecule has 1 nitrogen and oxygen atoms in total. The zero-order chi connectivity index (χ0) is 9.72. The van der Waals surface area contributed by atoms with Gasteiger partial charge in [0.1, 0.15) is 5.75 Å². The summed E-state index contributed by atoms with van der Waals surface area (Å²) < 4.78 is 36.2. The molecule has 1 rings (SSSR count). The Hall–Kier alpha value is -0.567. The SMILES string of the molecule is Oc1cc(F)c(F)c(F)c1.[CH2-]C.[Zn]. The maximum atomic E-state index is 12.1. The van der Waals surface area contributed by atoms with Crippen LogP contribution in [0.5, 0.6) is 5.75 Å². The largest absolute Gasteiger partial charge is 0.508 e. The van der Waals surface area contributed by atoms with Crippen LogP contribution in [0.4, 0.5) is 13.2 Å². The summed E-state index contributed by atoms with van der Waals surface area (Å²) in [7, 11) is 0. The molecule has 0 aliphatic heterocycles. The van der Waals surface area contributed by atoms with E-state index < -0.39 is 23.2 Å². The van der Waals surface area contributed by atoms with Crippen molar-refractivity contribution in [3.05, 3.63) is 36.5 Å². The Kier molecular flexibility index (Phi) is 7.92. The van der Waals surface area contributed by atoms with Gasteiger partial charge in [0, 0.05) is 31.6 Å². The monoisotopic (exact) mass is 241 g/mol. The van der Waals surface area contributed by atoms with Crippen molar-refractivity contribution < 1.29 is 37.8 Å². The molecule has 0 spiro atoms. The van der Waals surface area contributed by atoms with Crippen LogP contribution in [0.15, 0.2) is 12.1 Å². The van der Waals surface area contributed by atoms with Gasteiger partial charge in [-0.2, -0.15) is 6.92 Å². The van der Waals surface area contributed by atoms with Gasteiger partial charge in [0.05, 0.1) is 0 Å². The number of aromatic hydroxyl groups is 1. The molecule has 5 heteroatoms. The molecule has 0 aliphatic carbocycles. The van der Waals surface area contributed by atoms with Crippen molar-refractivity contribution in [2.75, 3.05) is 0 Å². The maximum Gasteiger partial charge on any atom is 0.194 e. The van der Waals surface area contributed by atoms with Crippen LogP contribution in [0.2, 0.25) is 0 Å². The molecule has 1 aromatic carbocycles. The second-order valence-electron chi connectivity index (χ2n) is 1.72. The molecule has 0 saturated heterocycles. The second kappa shape index (κ2) is 6.90. The van der Waals surface area contributed by atoms with E-state index in [4.69, 9.17) is 5.11 Å². The van der Waals surface area contributed by atoms with Crippen LogP contribution in [-0.4, -0.2) is 5.11 Å². The summed E-state index contributed by atoms with van der Waals surface area (Å²) in [5, 5.41) is 8.47. The van der Waals surface area contributed by atoms with Crippen LogP contribution in [0.1, 0.15) is 6.92 Å². The summed E-state index contributed by atoms with van der Waals surface area (Å²) in [4.78, 5) is 0. The number of hydrogen-bond acceptors (Lipinski definition) is 1. The van der Waals surface area contributed by atoms with E-state index in [1.54, 1.807) is 6.92 Å². The molecule has 0 saturated carbocycles. The fourth-order valence-electron chi connectivity index (χ4n) is 0.542. The number of phenolic OH excluding ortho intramolecular Hbond substituents is 1. The molecule has 0 fully saturated rings. The third kappa shape index (κ3) is 4.27. The third-order valence-electron chi connectivity index (χ3n) is 0.969. The molecule has 70 valence electrons. The van der Waals surface area contributed by atoms with Crippen molar-refractivity contribution in [3.8, 4) is 5.75 Å². The summed E-state index contributed by atoms with van der Waals surface area (Å²) in [5.41, 5.74) is 0. The van der Waals surface area contributed by atoms with Gasteiger partial charge in [0.2, 0.25) is 0 Å². The van der Waals surface area contributed by atoms with Crippen LogP contribution in [0.25, 0.3) is 0 Å². The molecule has 1 N–H and O–H groups in total. The van der Waals surface area contributed by atoms with E-state index in [9.17, 15) is 13.2 Å². The van der Waals surface area contributed by atoms with Crippen LogP contribution in [0, 0.1) is 24.4 Å². The van der Waals surface area contributed by atoms with Crippen LogP contribution in [0.3, 0.4) is 0 Å². The Morgan fingerprint density at radius 2 is 1.38 bits per heavy atom. The van der Waals surface area contributed by atoms with Gasteiger partial charge < -0.3 is 12.0 Å². The zero-order valence-electron chi connectivity index (χ0n) is 7.15. The fraction of sp³-hybridized carbons (Fsp3) is 0.125. The Balaban J connectivity index is 0. The summed E-state index contributed by atoms with van der Waals surface area (Å²) in [6, 6.07) is 0.997. The average Bonchev–Trinajstić information content (AvgIpc) is 2.04. The first-order valence-corrected chi connectivity index (χ1v) is 3.15. The first-order chi connectivity index (χ1) is 5.61. The first-order valence-electron chi connectivity index (χ1n) is 3.15. The minimum absolute atomic E-state index is 0. The van der Waals surface area contributed by atoms with Crippen molar-refractivity contribution in [2.24, 2.45) is 0 Å². The van der Waals surface area contributed by atoms with E-state index in [1.807, 2.05) is 0 Å². The molecule has 0 heterocycles. The Bertz CT molecular complexity index is 243. The standard InChI is InChI=1S/C6H3F3O.C2H5.Zn/c7-4-1-3(10)2-5(8)6(4)9;1-2;/h1-2,10H;1H2,2H3;/q;-1;. The van der Waals surface area contributed by atoms with Gasteiger partial charge in [0.15, 0.2) is 17.5 Å². The van der Waals surface area contributed by atoms with Crippen molar-refractivity contribution in [3.63, 3.8) is 0 Å². The molecular weight excluding hydrogens is 234 g/mol. The molecule has 0 radical (unpaired) electrons. The maximum absolute atomic E-state index is 12.1. The number of rotatable bonds is 0. The summed E-state index contributed by atoms with van der Waals surface area (Å²) in [6.45, 7) is 5.00. The van der Waals surface area contributed by atoms with E-state index in [-0.39, 0.29) is 19.5 Å². The fourth-order valence-corrected chi connectivity index (χ4v) is 0.542. The van der Waals surface area contributed by atoms with E-state index in [1.165, 1.54) is 0 Å². The first kappa shape index (κ1) is 14.9. The predicted octanol–water partition coefficient (Wildman–Crippen LogP) is 2.65. The van der Waals surface area contributed by atoms with Crippen molar-refractivity contribution >= 4 is 0 Å². The number of halogens is 3. The summed E-state index contributed by atoms with van der Waals surface area (Å²) in [6.07, 6.45) is 0. The Morgan fingerprint density at radius 1 is 1.08 bits per heavy atom. The molecule has 1 aromatic rings. The minimum atomic E-state index is -1.57. The molecule has 0 atom stereocenters. The molecule has 0 amide bonds. The predicted molar refractivity (Wildman–Crippen MR) is 39.0 cm³/mol. The third-order valence-corrected chi connectivity index (χ3v) is 0.969. The molecular formula is C8H8F3OZn-. The number of benzene rings is 1. The van der Waals surface area contributed by atoms with Gasteiger partial charge in [-0.05, 0) is 0 Å². The topological polar surface area (TPSA) is 20.2 Å². The van der Waals surface area contributed by atoms with Gasteiger partial charge in [-0.3, -0.25) is 0 Å². The quantitative estimate of drug-likeness (QED) is 0.421. The molecule has 13 heavy (non-hydrogen) atoms. The van der Waals surface area contributed by atoms with E-state index in [0.717, 1.165) is 0 Å². The van der Waals surface area contributed by atoms with Gasteiger partial charge in [-0.15, -0.1) is 0 Å². The van der Waals surface area contributed by atoms with Crippen LogP contribution < -0.4 is 0 Å². The molecule has 0 bridgehead atoms. The molecule has 0 unspecified atom stereocenters. The van der Waals surface area contributed by atoms with E-state index in [0.29, 0.717) is 12.1 Å². The number of phenols is 1. The van der Waals surface area contributed by atoms with Crippen LogP contribution >= 0.6 is 0 Å².